The topological polar surface area (TPSA) is 119 Å². The molecule has 3 amide bonds. The minimum absolute atomic E-state index is 0.0198. The number of nitrogens with zero attached hydrogens (tertiary/aromatic N) is 2. The predicted octanol–water partition coefficient (Wildman–Crippen LogP) is 6.84. The van der Waals surface area contributed by atoms with Gasteiger partial charge >= 0.3 is 11.9 Å². The minimum Gasteiger partial charge on any atom is -0.450 e. The number of ether oxygens (including phenoxy) is 1. The van der Waals surface area contributed by atoms with E-state index in [4.69, 9.17) is 4.74 Å². The highest BCUT2D eigenvalue weighted by Gasteiger charge is 2.36. The van der Waals surface area contributed by atoms with Crippen molar-refractivity contribution < 1.29 is 37.2 Å². The molecule has 200 valence electrons. The van der Waals surface area contributed by atoms with Gasteiger partial charge in [-0.25, -0.2) is 0 Å². The molecule has 3 aromatic rings. The number of nitro groups is 1. The van der Waals surface area contributed by atoms with Gasteiger partial charge in [0.1, 0.15) is 12.3 Å². The smallest absolute Gasteiger partial charge is 0.416 e. The monoisotopic (exact) mass is 621 g/mol. The average molecular weight is 622 g/mol. The first kappa shape index (κ1) is 27.9. The quantitative estimate of drug-likeness (QED) is 0.174. The first-order valence-electron chi connectivity index (χ1n) is 10.9. The number of rotatable bonds is 7. The number of amides is 3. The Bertz CT molecular complexity index is 1530. The fourth-order valence-electron chi connectivity index (χ4n) is 3.40. The lowest BCUT2D eigenvalue weighted by Crippen LogP contribution is -2.36. The van der Waals surface area contributed by atoms with Crippen molar-refractivity contribution in [1.29, 1.82) is 0 Å². The maximum Gasteiger partial charge on any atom is 0.416 e. The van der Waals surface area contributed by atoms with Gasteiger partial charge in [0.2, 0.25) is 11.7 Å². The summed E-state index contributed by atoms with van der Waals surface area (Å²) in [5.74, 6) is -1.66. The molecule has 3 aromatic carbocycles. The second-order valence-electron chi connectivity index (χ2n) is 7.91. The fourth-order valence-corrected chi connectivity index (χ4v) is 4.62. The number of hydrogen-bond acceptors (Lipinski definition) is 7. The standard InChI is InChI=1S/C25H15BrF3N3O6S/c26-17-6-1-2-7-18(17)30-22(33)13-31-23(34)21(39-24(31)35)11-14-4-3-5-16(10-14)38-20-9-8-15(25(27,28)29)12-19(20)32(36)37/h1-12H,13H2,(H,30,33)/b21-11+. The predicted molar refractivity (Wildman–Crippen MR) is 140 cm³/mol. The molecule has 4 rings (SSSR count). The molecule has 39 heavy (non-hydrogen) atoms. The summed E-state index contributed by atoms with van der Waals surface area (Å²) in [5.41, 5.74) is -1.24. The second kappa shape index (κ2) is 11.3. The zero-order valence-electron chi connectivity index (χ0n) is 19.4. The van der Waals surface area contributed by atoms with Crippen LogP contribution in [-0.4, -0.2) is 33.4 Å². The van der Waals surface area contributed by atoms with Crippen LogP contribution in [-0.2, 0) is 15.8 Å². The molecule has 0 unspecified atom stereocenters. The van der Waals surface area contributed by atoms with Gasteiger partial charge in [-0.2, -0.15) is 13.2 Å². The van der Waals surface area contributed by atoms with Crippen molar-refractivity contribution in [2.75, 3.05) is 11.9 Å². The molecule has 0 aromatic heterocycles. The number of imide groups is 1. The summed E-state index contributed by atoms with van der Waals surface area (Å²) in [6, 6.07) is 14.5. The van der Waals surface area contributed by atoms with E-state index in [-0.39, 0.29) is 10.7 Å². The maximum absolute atomic E-state index is 13.0. The Morgan fingerprint density at radius 2 is 1.85 bits per heavy atom. The lowest BCUT2D eigenvalue weighted by molar-refractivity contribution is -0.385. The van der Waals surface area contributed by atoms with Gasteiger partial charge in [0.05, 0.1) is 21.1 Å². The van der Waals surface area contributed by atoms with E-state index in [9.17, 15) is 37.7 Å². The van der Waals surface area contributed by atoms with Crippen LogP contribution in [0, 0.1) is 10.1 Å². The highest BCUT2D eigenvalue weighted by molar-refractivity contribution is 9.10. The number of anilines is 1. The van der Waals surface area contributed by atoms with Crippen LogP contribution in [0.15, 0.2) is 76.1 Å². The van der Waals surface area contributed by atoms with Gasteiger partial charge in [0, 0.05) is 10.5 Å². The van der Waals surface area contributed by atoms with Crippen LogP contribution < -0.4 is 10.1 Å². The van der Waals surface area contributed by atoms with Crippen LogP contribution in [0.4, 0.5) is 29.3 Å². The number of nitrogens with one attached hydrogen (secondary N) is 1. The van der Waals surface area contributed by atoms with Crippen molar-refractivity contribution in [3.05, 3.63) is 97.3 Å². The summed E-state index contributed by atoms with van der Waals surface area (Å²) < 4.78 is 45.0. The summed E-state index contributed by atoms with van der Waals surface area (Å²) in [6.07, 6.45) is -3.41. The highest BCUT2D eigenvalue weighted by atomic mass is 79.9. The lowest BCUT2D eigenvalue weighted by Gasteiger charge is -2.13. The van der Waals surface area contributed by atoms with Crippen molar-refractivity contribution in [2.24, 2.45) is 0 Å². The van der Waals surface area contributed by atoms with E-state index in [1.807, 2.05) is 0 Å². The maximum atomic E-state index is 13.0. The first-order valence-corrected chi connectivity index (χ1v) is 12.5. The molecule has 1 heterocycles. The Kier molecular flexibility index (Phi) is 8.06. The van der Waals surface area contributed by atoms with Crippen LogP contribution in [0.5, 0.6) is 11.5 Å². The van der Waals surface area contributed by atoms with Crippen molar-refractivity contribution in [3.8, 4) is 11.5 Å². The number of carbonyl (C=O) groups excluding carboxylic acids is 3. The Balaban J connectivity index is 1.50. The second-order valence-corrected chi connectivity index (χ2v) is 9.76. The third kappa shape index (κ3) is 6.64. The molecule has 0 aliphatic carbocycles. The van der Waals surface area contributed by atoms with E-state index in [1.165, 1.54) is 24.3 Å². The number of alkyl halides is 3. The van der Waals surface area contributed by atoms with E-state index in [1.54, 1.807) is 30.3 Å². The fraction of sp³-hybridized carbons (Fsp3) is 0.0800. The minimum atomic E-state index is -4.77. The van der Waals surface area contributed by atoms with Crippen LogP contribution in [0.2, 0.25) is 0 Å². The number of thioether (sulfide) groups is 1. The average Bonchev–Trinajstić information content (AvgIpc) is 3.12. The van der Waals surface area contributed by atoms with E-state index >= 15 is 0 Å². The number of nitro benzene ring substituents is 1. The van der Waals surface area contributed by atoms with Gasteiger partial charge in [0.15, 0.2) is 0 Å². The normalized spacial score (nSPS) is 14.6. The van der Waals surface area contributed by atoms with Crippen LogP contribution in [0.1, 0.15) is 11.1 Å². The SMILES string of the molecule is O=C(CN1C(=O)S/C(=C/c2cccc(Oc3ccc(C(F)(F)F)cc3[N+](=O)[O-])c2)C1=O)Nc1ccccc1Br. The Hall–Kier alpha value is -4.17. The summed E-state index contributed by atoms with van der Waals surface area (Å²) in [4.78, 5) is 48.8. The lowest BCUT2D eigenvalue weighted by atomic mass is 10.1. The summed E-state index contributed by atoms with van der Waals surface area (Å²) >= 11 is 3.91. The molecular formula is C25H15BrF3N3O6S. The van der Waals surface area contributed by atoms with E-state index < -0.39 is 51.7 Å². The molecule has 0 atom stereocenters. The molecule has 1 fully saturated rings. The molecule has 0 saturated carbocycles. The summed E-state index contributed by atoms with van der Waals surface area (Å²) in [7, 11) is 0. The molecule has 1 saturated heterocycles. The largest absolute Gasteiger partial charge is 0.450 e. The van der Waals surface area contributed by atoms with Crippen LogP contribution in [0.25, 0.3) is 6.08 Å². The van der Waals surface area contributed by atoms with Crippen molar-refractivity contribution in [2.45, 2.75) is 6.18 Å². The highest BCUT2D eigenvalue weighted by Crippen LogP contribution is 2.38. The first-order chi connectivity index (χ1) is 18.4. The van der Waals surface area contributed by atoms with Crippen LogP contribution >= 0.6 is 27.7 Å². The third-order valence-electron chi connectivity index (χ3n) is 5.19. The summed E-state index contributed by atoms with van der Waals surface area (Å²) in [6.45, 7) is -0.510. The molecule has 1 aliphatic heterocycles. The molecule has 14 heteroatoms. The van der Waals surface area contributed by atoms with Gasteiger partial charge < -0.3 is 10.1 Å². The molecular weight excluding hydrogens is 607 g/mol. The van der Waals surface area contributed by atoms with E-state index in [0.29, 0.717) is 39.6 Å². The molecule has 0 radical (unpaired) electrons. The van der Waals surface area contributed by atoms with Crippen molar-refractivity contribution in [1.82, 2.24) is 4.90 Å². The molecule has 1 aliphatic rings. The zero-order chi connectivity index (χ0) is 28.3. The zero-order valence-corrected chi connectivity index (χ0v) is 21.8. The number of halogens is 4. The molecule has 9 nitrogen and oxygen atoms in total. The Morgan fingerprint density at radius 1 is 1.10 bits per heavy atom. The van der Waals surface area contributed by atoms with Gasteiger partial charge in [0.25, 0.3) is 11.1 Å². The van der Waals surface area contributed by atoms with Crippen molar-refractivity contribution >= 4 is 62.2 Å². The van der Waals surface area contributed by atoms with Crippen LogP contribution in [0.3, 0.4) is 0 Å². The van der Waals surface area contributed by atoms with Gasteiger partial charge in [-0.05, 0) is 75.7 Å². The number of hydrogen-bond donors (Lipinski definition) is 1. The molecule has 1 N–H and O–H groups in total. The Labute approximate surface area is 230 Å². The number of benzene rings is 3. The summed E-state index contributed by atoms with van der Waals surface area (Å²) in [5, 5.41) is 13.3. The number of para-hydroxylation sites is 1. The van der Waals surface area contributed by atoms with Gasteiger partial charge in [-0.3, -0.25) is 29.4 Å². The molecule has 0 spiro atoms. The Morgan fingerprint density at radius 3 is 2.54 bits per heavy atom. The molecule has 0 bridgehead atoms. The van der Waals surface area contributed by atoms with Gasteiger partial charge in [-0.15, -0.1) is 0 Å². The van der Waals surface area contributed by atoms with E-state index in [0.717, 1.165) is 11.0 Å². The van der Waals surface area contributed by atoms with Crippen molar-refractivity contribution in [3.63, 3.8) is 0 Å². The van der Waals surface area contributed by atoms with E-state index in [2.05, 4.69) is 21.2 Å². The van der Waals surface area contributed by atoms with Gasteiger partial charge in [-0.1, -0.05) is 24.3 Å². The third-order valence-corrected chi connectivity index (χ3v) is 6.79. The number of carbonyl (C=O) groups is 3.